The van der Waals surface area contributed by atoms with Gasteiger partial charge in [-0.05, 0) is 24.1 Å². The van der Waals surface area contributed by atoms with Crippen LogP contribution in [-0.2, 0) is 12.8 Å². The standard InChI is InChI=1S/C14H15Cl2N3/c1-2-3-11-8-13(17)19-14(18-11)6-9-4-5-10(15)7-12(9)16/h4-5,7-8H,2-3,6H2,1H3,(H2,17,18,19). The topological polar surface area (TPSA) is 51.8 Å². The van der Waals surface area contributed by atoms with Crippen molar-refractivity contribution in [2.24, 2.45) is 0 Å². The molecule has 100 valence electrons. The Bertz CT molecular complexity index is 585. The smallest absolute Gasteiger partial charge is 0.135 e. The van der Waals surface area contributed by atoms with Crippen LogP contribution in [0.25, 0.3) is 0 Å². The average molecular weight is 296 g/mol. The summed E-state index contributed by atoms with van der Waals surface area (Å²) >= 11 is 12.0. The number of nitrogens with zero attached hydrogens (tertiary/aromatic N) is 2. The number of nitrogens with two attached hydrogens (primary N) is 1. The van der Waals surface area contributed by atoms with Crippen LogP contribution in [0.4, 0.5) is 5.82 Å². The van der Waals surface area contributed by atoms with E-state index >= 15 is 0 Å². The van der Waals surface area contributed by atoms with Gasteiger partial charge in [0.1, 0.15) is 11.6 Å². The van der Waals surface area contributed by atoms with Gasteiger partial charge in [0.25, 0.3) is 0 Å². The summed E-state index contributed by atoms with van der Waals surface area (Å²) in [4.78, 5) is 8.75. The van der Waals surface area contributed by atoms with E-state index in [1.54, 1.807) is 6.07 Å². The molecule has 2 N–H and O–H groups in total. The lowest BCUT2D eigenvalue weighted by atomic mass is 10.1. The van der Waals surface area contributed by atoms with Gasteiger partial charge < -0.3 is 5.73 Å². The zero-order chi connectivity index (χ0) is 13.8. The number of halogens is 2. The van der Waals surface area contributed by atoms with Crippen molar-refractivity contribution in [2.75, 3.05) is 5.73 Å². The van der Waals surface area contributed by atoms with Gasteiger partial charge in [-0.25, -0.2) is 9.97 Å². The third kappa shape index (κ3) is 3.82. The van der Waals surface area contributed by atoms with E-state index in [9.17, 15) is 0 Å². The third-order valence-corrected chi connectivity index (χ3v) is 3.30. The van der Waals surface area contributed by atoms with Gasteiger partial charge in [-0.15, -0.1) is 0 Å². The minimum Gasteiger partial charge on any atom is -0.384 e. The molecule has 19 heavy (non-hydrogen) atoms. The molecule has 0 atom stereocenters. The van der Waals surface area contributed by atoms with E-state index in [-0.39, 0.29) is 0 Å². The monoisotopic (exact) mass is 295 g/mol. The summed E-state index contributed by atoms with van der Waals surface area (Å²) < 4.78 is 0. The van der Waals surface area contributed by atoms with Crippen molar-refractivity contribution >= 4 is 29.0 Å². The molecule has 1 heterocycles. The van der Waals surface area contributed by atoms with Gasteiger partial charge >= 0.3 is 0 Å². The van der Waals surface area contributed by atoms with Crippen molar-refractivity contribution in [3.05, 3.63) is 51.4 Å². The first-order chi connectivity index (χ1) is 9.08. The Balaban J connectivity index is 2.27. The predicted molar refractivity (Wildman–Crippen MR) is 79.7 cm³/mol. The maximum Gasteiger partial charge on any atom is 0.135 e. The van der Waals surface area contributed by atoms with E-state index in [0.717, 1.165) is 24.1 Å². The molecule has 0 unspecified atom stereocenters. The second kappa shape index (κ2) is 6.22. The Hall–Kier alpha value is -1.32. The van der Waals surface area contributed by atoms with Crippen LogP contribution >= 0.6 is 23.2 Å². The van der Waals surface area contributed by atoms with E-state index in [0.29, 0.717) is 28.1 Å². The fraction of sp³-hybridized carbons (Fsp3) is 0.286. The molecule has 5 heteroatoms. The molecular weight excluding hydrogens is 281 g/mol. The van der Waals surface area contributed by atoms with E-state index in [2.05, 4.69) is 16.9 Å². The molecule has 0 saturated carbocycles. The van der Waals surface area contributed by atoms with Crippen molar-refractivity contribution in [3.63, 3.8) is 0 Å². The molecule has 1 aromatic heterocycles. The van der Waals surface area contributed by atoms with Gasteiger partial charge in [-0.3, -0.25) is 0 Å². The summed E-state index contributed by atoms with van der Waals surface area (Å²) in [6.07, 6.45) is 2.48. The van der Waals surface area contributed by atoms with E-state index < -0.39 is 0 Å². The molecule has 0 radical (unpaired) electrons. The van der Waals surface area contributed by atoms with Gasteiger partial charge in [-0.1, -0.05) is 42.6 Å². The van der Waals surface area contributed by atoms with Gasteiger partial charge in [0.15, 0.2) is 0 Å². The minimum atomic E-state index is 0.499. The van der Waals surface area contributed by atoms with Crippen LogP contribution in [0.3, 0.4) is 0 Å². The van der Waals surface area contributed by atoms with Gasteiger partial charge in [-0.2, -0.15) is 0 Å². The van der Waals surface area contributed by atoms with Crippen LogP contribution in [0.5, 0.6) is 0 Å². The van der Waals surface area contributed by atoms with E-state index in [4.69, 9.17) is 28.9 Å². The number of rotatable bonds is 4. The number of nitrogen functional groups attached to an aromatic ring is 1. The molecule has 0 saturated heterocycles. The molecule has 0 bridgehead atoms. The Labute approximate surface area is 122 Å². The van der Waals surface area contributed by atoms with Crippen molar-refractivity contribution in [2.45, 2.75) is 26.2 Å². The third-order valence-electron chi connectivity index (χ3n) is 2.72. The first kappa shape index (κ1) is 14.1. The quantitative estimate of drug-likeness (QED) is 0.930. The Kier molecular flexibility index (Phi) is 4.61. The second-order valence-corrected chi connectivity index (χ2v) is 5.21. The van der Waals surface area contributed by atoms with E-state index in [1.807, 2.05) is 18.2 Å². The summed E-state index contributed by atoms with van der Waals surface area (Å²) in [5, 5.41) is 1.24. The molecular formula is C14H15Cl2N3. The average Bonchev–Trinajstić information content (AvgIpc) is 2.32. The summed E-state index contributed by atoms with van der Waals surface area (Å²) in [5.41, 5.74) is 7.71. The van der Waals surface area contributed by atoms with Crippen LogP contribution < -0.4 is 5.73 Å². The molecule has 0 spiro atoms. The van der Waals surface area contributed by atoms with Crippen LogP contribution in [0.1, 0.15) is 30.4 Å². The van der Waals surface area contributed by atoms with Crippen molar-refractivity contribution < 1.29 is 0 Å². The SMILES string of the molecule is CCCc1cc(N)nc(Cc2ccc(Cl)cc2Cl)n1. The Morgan fingerprint density at radius 2 is 1.95 bits per heavy atom. The van der Waals surface area contributed by atoms with Gasteiger partial charge in [0.05, 0.1) is 0 Å². The molecule has 2 rings (SSSR count). The van der Waals surface area contributed by atoms with Gasteiger partial charge in [0, 0.05) is 28.2 Å². The molecule has 1 aromatic carbocycles. The van der Waals surface area contributed by atoms with Crippen LogP contribution in [0.2, 0.25) is 10.0 Å². The summed E-state index contributed by atoms with van der Waals surface area (Å²) in [7, 11) is 0. The number of hydrogen-bond donors (Lipinski definition) is 1. The Morgan fingerprint density at radius 3 is 2.63 bits per heavy atom. The number of aryl methyl sites for hydroxylation is 1. The molecule has 0 amide bonds. The maximum absolute atomic E-state index is 6.15. The number of aromatic nitrogens is 2. The molecule has 3 nitrogen and oxygen atoms in total. The number of benzene rings is 1. The summed E-state index contributed by atoms with van der Waals surface area (Å²) in [5.74, 6) is 1.19. The fourth-order valence-corrected chi connectivity index (χ4v) is 2.35. The highest BCUT2D eigenvalue weighted by molar-refractivity contribution is 6.35. The summed E-state index contributed by atoms with van der Waals surface area (Å²) in [6, 6.07) is 7.23. The predicted octanol–water partition coefficient (Wildman–Crippen LogP) is 3.91. The fourth-order valence-electron chi connectivity index (χ4n) is 1.87. The van der Waals surface area contributed by atoms with Gasteiger partial charge in [0.2, 0.25) is 0 Å². The first-order valence-corrected chi connectivity index (χ1v) is 6.90. The lowest BCUT2D eigenvalue weighted by molar-refractivity contribution is 0.844. The van der Waals surface area contributed by atoms with Crippen molar-refractivity contribution in [1.29, 1.82) is 0 Å². The minimum absolute atomic E-state index is 0.499. The maximum atomic E-state index is 6.15. The zero-order valence-electron chi connectivity index (χ0n) is 10.7. The van der Waals surface area contributed by atoms with Crippen LogP contribution in [0, 0.1) is 0 Å². The normalized spacial score (nSPS) is 10.7. The highest BCUT2D eigenvalue weighted by atomic mass is 35.5. The Morgan fingerprint density at radius 1 is 1.16 bits per heavy atom. The molecule has 0 fully saturated rings. The van der Waals surface area contributed by atoms with E-state index in [1.165, 1.54) is 0 Å². The zero-order valence-corrected chi connectivity index (χ0v) is 12.2. The highest BCUT2D eigenvalue weighted by Gasteiger charge is 2.07. The number of hydrogen-bond acceptors (Lipinski definition) is 3. The molecule has 2 aromatic rings. The van der Waals surface area contributed by atoms with Crippen molar-refractivity contribution in [1.82, 2.24) is 9.97 Å². The lowest BCUT2D eigenvalue weighted by Gasteiger charge is -2.07. The van der Waals surface area contributed by atoms with Crippen molar-refractivity contribution in [3.8, 4) is 0 Å². The van der Waals surface area contributed by atoms with Crippen LogP contribution in [0.15, 0.2) is 24.3 Å². The second-order valence-electron chi connectivity index (χ2n) is 4.36. The molecule has 0 aliphatic carbocycles. The highest BCUT2D eigenvalue weighted by Crippen LogP contribution is 2.22. The lowest BCUT2D eigenvalue weighted by Crippen LogP contribution is -2.04. The molecule has 0 aliphatic rings. The number of anilines is 1. The summed E-state index contributed by atoms with van der Waals surface area (Å²) in [6.45, 7) is 2.11. The first-order valence-electron chi connectivity index (χ1n) is 6.14. The van der Waals surface area contributed by atoms with Crippen LogP contribution in [-0.4, -0.2) is 9.97 Å². The molecule has 0 aliphatic heterocycles. The largest absolute Gasteiger partial charge is 0.384 e.